The van der Waals surface area contributed by atoms with Crippen molar-refractivity contribution in [3.05, 3.63) is 24.3 Å². The van der Waals surface area contributed by atoms with Gasteiger partial charge in [0.15, 0.2) is 0 Å². The summed E-state index contributed by atoms with van der Waals surface area (Å²) in [5.41, 5.74) is 0. The van der Waals surface area contributed by atoms with Gasteiger partial charge in [0, 0.05) is 19.4 Å². The Morgan fingerprint density at radius 2 is 1.13 bits per heavy atom. The number of hydrogen-bond acceptors (Lipinski definition) is 4. The molecular weight excluding hydrogens is 474 g/mol. The van der Waals surface area contributed by atoms with Gasteiger partial charge in [-0.25, -0.2) is 0 Å². The molecule has 0 aliphatic carbocycles. The zero-order valence-electron chi connectivity index (χ0n) is 25.0. The molecule has 5 nitrogen and oxygen atoms in total. The molecule has 2 N–H and O–H groups in total. The minimum atomic E-state index is -0.851. The van der Waals surface area contributed by atoms with Crippen LogP contribution in [0.3, 0.4) is 0 Å². The lowest BCUT2D eigenvalue weighted by molar-refractivity contribution is -0.146. The Bertz CT molecular complexity index is 588. The highest BCUT2D eigenvalue weighted by Crippen LogP contribution is 2.11. The second-order valence-electron chi connectivity index (χ2n) is 10.7. The number of unbranched alkanes of at least 4 members (excludes halogenated alkanes) is 16. The van der Waals surface area contributed by atoms with Gasteiger partial charge < -0.3 is 15.2 Å². The highest BCUT2D eigenvalue weighted by molar-refractivity contribution is 5.75. The Kier molecular flexibility index (Phi) is 28.7. The van der Waals surface area contributed by atoms with Crippen LogP contribution in [0.2, 0.25) is 0 Å². The smallest absolute Gasteiger partial charge is 0.305 e. The molecule has 0 saturated heterocycles. The molecule has 0 fully saturated rings. The van der Waals surface area contributed by atoms with Crippen molar-refractivity contribution in [2.75, 3.05) is 13.2 Å². The molecule has 0 bridgehead atoms. The Morgan fingerprint density at radius 1 is 0.658 bits per heavy atom. The predicted octanol–water partition coefficient (Wildman–Crippen LogP) is 8.74. The van der Waals surface area contributed by atoms with Crippen molar-refractivity contribution in [2.24, 2.45) is 0 Å². The fraction of sp³-hybridized carbons (Fsp3) is 0.818. The van der Waals surface area contributed by atoms with Crippen LogP contribution in [-0.2, 0) is 14.3 Å². The van der Waals surface area contributed by atoms with Crippen LogP contribution in [-0.4, -0.2) is 36.2 Å². The van der Waals surface area contributed by atoms with Crippen molar-refractivity contribution < 1.29 is 19.4 Å². The average molecular weight is 536 g/mol. The van der Waals surface area contributed by atoms with Crippen LogP contribution >= 0.6 is 0 Å². The van der Waals surface area contributed by atoms with Crippen molar-refractivity contribution in [3.8, 4) is 0 Å². The van der Waals surface area contributed by atoms with Crippen molar-refractivity contribution in [1.29, 1.82) is 0 Å². The standard InChI is InChI=1S/C33H61NO4/c1-3-5-7-9-11-13-14-15-16-17-18-20-21-23-25-27-32(36)34-29-31(35)30-38-33(37)28-26-24-22-19-12-10-8-6-4-2/h11,13,15-16,31,35H,3-10,12,14,17-30H2,1-2H3,(H,34,36). The SMILES string of the molecule is CCCCCC=CCC=CCCCCCCCC(=O)NCC(O)COC(=O)CCCCCCCCCCC. The molecule has 0 rings (SSSR count). The first-order valence-corrected chi connectivity index (χ1v) is 16.0. The van der Waals surface area contributed by atoms with E-state index in [2.05, 4.69) is 43.5 Å². The third kappa shape index (κ3) is 28.9. The van der Waals surface area contributed by atoms with E-state index in [9.17, 15) is 14.7 Å². The first-order valence-electron chi connectivity index (χ1n) is 16.0. The Balaban J connectivity index is 3.48. The number of aliphatic hydroxyl groups excluding tert-OH is 1. The molecule has 1 amide bonds. The molecule has 0 radical (unpaired) electrons. The van der Waals surface area contributed by atoms with Crippen LogP contribution in [0.25, 0.3) is 0 Å². The fourth-order valence-electron chi connectivity index (χ4n) is 4.32. The van der Waals surface area contributed by atoms with E-state index in [1.54, 1.807) is 0 Å². The van der Waals surface area contributed by atoms with E-state index < -0.39 is 6.10 Å². The first kappa shape index (κ1) is 36.4. The maximum atomic E-state index is 12.0. The van der Waals surface area contributed by atoms with Crippen molar-refractivity contribution in [1.82, 2.24) is 5.32 Å². The number of rotatable bonds is 28. The quantitative estimate of drug-likeness (QED) is 0.0596. The lowest BCUT2D eigenvalue weighted by atomic mass is 10.1. The summed E-state index contributed by atoms with van der Waals surface area (Å²) in [6.07, 6.45) is 32.7. The molecule has 0 spiro atoms. The fourth-order valence-corrected chi connectivity index (χ4v) is 4.32. The van der Waals surface area contributed by atoms with Crippen LogP contribution in [0.1, 0.15) is 155 Å². The number of amides is 1. The number of hydrogen-bond donors (Lipinski definition) is 2. The lowest BCUT2D eigenvalue weighted by Gasteiger charge is -2.12. The van der Waals surface area contributed by atoms with E-state index in [1.807, 2.05) is 0 Å². The lowest BCUT2D eigenvalue weighted by Crippen LogP contribution is -2.35. The number of carbonyl (C=O) groups excluding carboxylic acids is 2. The van der Waals surface area contributed by atoms with Gasteiger partial charge in [-0.1, -0.05) is 122 Å². The van der Waals surface area contributed by atoms with Crippen molar-refractivity contribution >= 4 is 11.9 Å². The van der Waals surface area contributed by atoms with E-state index in [0.717, 1.165) is 44.9 Å². The summed E-state index contributed by atoms with van der Waals surface area (Å²) in [5.74, 6) is -0.306. The average Bonchev–Trinajstić information content (AvgIpc) is 2.92. The predicted molar refractivity (Wildman–Crippen MR) is 161 cm³/mol. The van der Waals surface area contributed by atoms with Crippen molar-refractivity contribution in [2.45, 2.75) is 161 Å². The Morgan fingerprint density at radius 3 is 1.74 bits per heavy atom. The van der Waals surface area contributed by atoms with Crippen LogP contribution in [0, 0.1) is 0 Å². The molecule has 0 saturated carbocycles. The number of ether oxygens (including phenoxy) is 1. The normalized spacial score (nSPS) is 12.4. The second-order valence-corrected chi connectivity index (χ2v) is 10.7. The zero-order chi connectivity index (χ0) is 27.9. The van der Waals surface area contributed by atoms with E-state index in [4.69, 9.17) is 4.74 Å². The van der Waals surface area contributed by atoms with Gasteiger partial charge in [0.05, 0.1) is 0 Å². The third-order valence-electron chi connectivity index (χ3n) is 6.81. The molecule has 5 heteroatoms. The molecule has 1 atom stereocenters. The van der Waals surface area contributed by atoms with Gasteiger partial charge in [0.2, 0.25) is 5.91 Å². The molecule has 0 aliphatic rings. The number of aliphatic hydroxyl groups is 1. The maximum absolute atomic E-state index is 12.0. The second kappa shape index (κ2) is 29.9. The molecular formula is C33H61NO4. The van der Waals surface area contributed by atoms with Gasteiger partial charge in [-0.3, -0.25) is 9.59 Å². The van der Waals surface area contributed by atoms with Crippen molar-refractivity contribution in [3.63, 3.8) is 0 Å². The van der Waals surface area contributed by atoms with E-state index in [-0.39, 0.29) is 25.0 Å². The number of allylic oxidation sites excluding steroid dienone is 4. The van der Waals surface area contributed by atoms with E-state index in [1.165, 1.54) is 83.5 Å². The summed E-state index contributed by atoms with van der Waals surface area (Å²) in [5, 5.41) is 12.7. The van der Waals surface area contributed by atoms with Crippen LogP contribution in [0.15, 0.2) is 24.3 Å². The molecule has 0 aromatic carbocycles. The third-order valence-corrected chi connectivity index (χ3v) is 6.81. The van der Waals surface area contributed by atoms with Gasteiger partial charge >= 0.3 is 5.97 Å². The molecule has 0 aromatic heterocycles. The first-order chi connectivity index (χ1) is 18.6. The molecule has 222 valence electrons. The molecule has 38 heavy (non-hydrogen) atoms. The minimum Gasteiger partial charge on any atom is -0.463 e. The largest absolute Gasteiger partial charge is 0.463 e. The summed E-state index contributed by atoms with van der Waals surface area (Å²) in [4.78, 5) is 23.8. The molecule has 0 heterocycles. The molecule has 0 aliphatic heterocycles. The highest BCUT2D eigenvalue weighted by Gasteiger charge is 2.10. The summed E-state index contributed by atoms with van der Waals surface area (Å²) in [6.45, 7) is 4.54. The van der Waals surface area contributed by atoms with E-state index >= 15 is 0 Å². The van der Waals surface area contributed by atoms with Crippen LogP contribution in [0.5, 0.6) is 0 Å². The summed E-state index contributed by atoms with van der Waals surface area (Å²) < 4.78 is 5.15. The molecule has 0 aromatic rings. The topological polar surface area (TPSA) is 75.6 Å². The highest BCUT2D eigenvalue weighted by atomic mass is 16.5. The van der Waals surface area contributed by atoms with Gasteiger partial charge in [0.25, 0.3) is 0 Å². The summed E-state index contributed by atoms with van der Waals surface area (Å²) in [7, 11) is 0. The van der Waals surface area contributed by atoms with Gasteiger partial charge in [0.1, 0.15) is 12.7 Å². The monoisotopic (exact) mass is 535 g/mol. The number of nitrogens with one attached hydrogen (secondary N) is 1. The summed E-state index contributed by atoms with van der Waals surface area (Å²) >= 11 is 0. The zero-order valence-corrected chi connectivity index (χ0v) is 25.0. The minimum absolute atomic E-state index is 0.0456. The Hall–Kier alpha value is -1.62. The maximum Gasteiger partial charge on any atom is 0.305 e. The van der Waals surface area contributed by atoms with Crippen LogP contribution in [0.4, 0.5) is 0 Å². The van der Waals surface area contributed by atoms with E-state index in [0.29, 0.717) is 12.8 Å². The van der Waals surface area contributed by atoms with Gasteiger partial charge in [-0.15, -0.1) is 0 Å². The van der Waals surface area contributed by atoms with Gasteiger partial charge in [-0.05, 0) is 44.9 Å². The number of esters is 1. The molecule has 1 unspecified atom stereocenters. The Labute approximate surface area is 235 Å². The summed E-state index contributed by atoms with van der Waals surface area (Å²) in [6, 6.07) is 0. The number of carbonyl (C=O) groups is 2. The van der Waals surface area contributed by atoms with Crippen LogP contribution < -0.4 is 5.32 Å². The van der Waals surface area contributed by atoms with Gasteiger partial charge in [-0.2, -0.15) is 0 Å².